The van der Waals surface area contributed by atoms with Crippen LogP contribution in [0.3, 0.4) is 0 Å². The Morgan fingerprint density at radius 3 is 2.03 bits per heavy atom. The predicted octanol–water partition coefficient (Wildman–Crippen LogP) is 8.16. The molecule has 0 heterocycles. The number of anilines is 1. The Morgan fingerprint density at radius 1 is 0.867 bits per heavy atom. The highest BCUT2D eigenvalue weighted by molar-refractivity contribution is 6.03. The number of hydrogen-bond donors (Lipinski definition) is 1. The fourth-order valence-electron chi connectivity index (χ4n) is 4.68. The SMILES string of the molecule is CCCc1cccc(CCC)c1NC1=C(C)C(=Nc2c(C)cc(C)cc2C)CCC1. The number of nitrogens with one attached hydrogen (secondary N) is 1. The second-order valence-corrected chi connectivity index (χ2v) is 8.84. The van der Waals surface area contributed by atoms with Crippen molar-refractivity contribution in [2.24, 2.45) is 4.99 Å². The first kappa shape index (κ1) is 22.3. The van der Waals surface area contributed by atoms with Gasteiger partial charge in [0.2, 0.25) is 0 Å². The number of nitrogens with zero attached hydrogens (tertiary/aromatic N) is 1. The van der Waals surface area contributed by atoms with E-state index in [1.807, 2.05) is 0 Å². The van der Waals surface area contributed by atoms with E-state index in [0.29, 0.717) is 0 Å². The molecule has 0 bridgehead atoms. The number of para-hydroxylation sites is 1. The number of aliphatic imine (C=N–C) groups is 1. The minimum Gasteiger partial charge on any atom is -0.358 e. The summed E-state index contributed by atoms with van der Waals surface area (Å²) >= 11 is 0. The van der Waals surface area contributed by atoms with Crippen LogP contribution in [0.2, 0.25) is 0 Å². The van der Waals surface area contributed by atoms with E-state index in [1.54, 1.807) is 0 Å². The molecule has 0 saturated heterocycles. The summed E-state index contributed by atoms with van der Waals surface area (Å²) < 4.78 is 0. The molecule has 0 spiro atoms. The van der Waals surface area contributed by atoms with Crippen LogP contribution in [0.25, 0.3) is 0 Å². The Hall–Kier alpha value is -2.35. The summed E-state index contributed by atoms with van der Waals surface area (Å²) in [6, 6.07) is 11.3. The van der Waals surface area contributed by atoms with Gasteiger partial charge in [-0.1, -0.05) is 62.6 Å². The van der Waals surface area contributed by atoms with Gasteiger partial charge in [0.25, 0.3) is 0 Å². The number of benzene rings is 2. The van der Waals surface area contributed by atoms with Crippen LogP contribution in [0.15, 0.2) is 46.6 Å². The summed E-state index contributed by atoms with van der Waals surface area (Å²) in [4.78, 5) is 5.17. The Balaban J connectivity index is 2.00. The molecule has 1 aliphatic rings. The first-order valence-electron chi connectivity index (χ1n) is 11.7. The molecule has 0 atom stereocenters. The average molecular weight is 403 g/mol. The van der Waals surface area contributed by atoms with Gasteiger partial charge in [0, 0.05) is 17.1 Å². The molecule has 3 rings (SSSR count). The Kier molecular flexibility index (Phi) is 7.53. The predicted molar refractivity (Wildman–Crippen MR) is 132 cm³/mol. The fourth-order valence-corrected chi connectivity index (χ4v) is 4.68. The molecule has 2 nitrogen and oxygen atoms in total. The van der Waals surface area contributed by atoms with Crippen LogP contribution in [-0.2, 0) is 12.8 Å². The van der Waals surface area contributed by atoms with E-state index in [-0.39, 0.29) is 0 Å². The zero-order valence-electron chi connectivity index (χ0n) is 19.8. The van der Waals surface area contributed by atoms with E-state index in [2.05, 4.69) is 77.2 Å². The lowest BCUT2D eigenvalue weighted by atomic mass is 9.93. The lowest BCUT2D eigenvalue weighted by molar-refractivity contribution is 0.820. The third-order valence-electron chi connectivity index (χ3n) is 6.16. The van der Waals surface area contributed by atoms with Gasteiger partial charge in [0.05, 0.1) is 5.69 Å². The van der Waals surface area contributed by atoms with Crippen LogP contribution in [0.5, 0.6) is 0 Å². The van der Waals surface area contributed by atoms with Crippen LogP contribution in [0.1, 0.15) is 80.7 Å². The Morgan fingerprint density at radius 2 is 1.47 bits per heavy atom. The van der Waals surface area contributed by atoms with Crippen molar-refractivity contribution in [1.29, 1.82) is 0 Å². The quantitative estimate of drug-likeness (QED) is 0.496. The standard InChI is InChI=1S/C28H38N2/c1-7-11-23-13-9-14-24(12-8-2)28(23)30-26-16-10-15-25(22(26)6)29-27-20(4)17-19(3)18-21(27)5/h9,13-14,17-18,30H,7-8,10-12,15-16H2,1-6H3. The Labute approximate surface area is 183 Å². The van der Waals surface area contributed by atoms with Gasteiger partial charge < -0.3 is 5.32 Å². The van der Waals surface area contributed by atoms with E-state index >= 15 is 0 Å². The van der Waals surface area contributed by atoms with Crippen molar-refractivity contribution >= 4 is 17.1 Å². The lowest BCUT2D eigenvalue weighted by Crippen LogP contribution is -2.16. The molecule has 0 aromatic heterocycles. The van der Waals surface area contributed by atoms with Crippen molar-refractivity contribution in [3.05, 3.63) is 69.4 Å². The van der Waals surface area contributed by atoms with Crippen molar-refractivity contribution in [3.8, 4) is 0 Å². The average Bonchev–Trinajstić information content (AvgIpc) is 2.69. The molecule has 0 amide bonds. The maximum atomic E-state index is 5.17. The van der Waals surface area contributed by atoms with Crippen LogP contribution in [-0.4, -0.2) is 5.71 Å². The summed E-state index contributed by atoms with van der Waals surface area (Å²) in [7, 11) is 0. The molecule has 2 aromatic rings. The first-order chi connectivity index (χ1) is 14.4. The number of allylic oxidation sites excluding steroid dienone is 2. The molecule has 0 saturated carbocycles. The molecule has 0 fully saturated rings. The van der Waals surface area contributed by atoms with Crippen molar-refractivity contribution in [2.75, 3.05) is 5.32 Å². The van der Waals surface area contributed by atoms with Gasteiger partial charge in [-0.15, -0.1) is 0 Å². The van der Waals surface area contributed by atoms with E-state index in [9.17, 15) is 0 Å². The maximum absolute atomic E-state index is 5.17. The highest BCUT2D eigenvalue weighted by Gasteiger charge is 2.18. The van der Waals surface area contributed by atoms with Crippen molar-refractivity contribution < 1.29 is 0 Å². The zero-order chi connectivity index (χ0) is 21.7. The van der Waals surface area contributed by atoms with Crippen molar-refractivity contribution in [1.82, 2.24) is 0 Å². The third kappa shape index (κ3) is 5.03. The molecule has 1 N–H and O–H groups in total. The van der Waals surface area contributed by atoms with Crippen LogP contribution < -0.4 is 5.32 Å². The van der Waals surface area contributed by atoms with E-state index in [0.717, 1.165) is 37.8 Å². The molecule has 0 radical (unpaired) electrons. The fraction of sp³-hybridized carbons (Fsp3) is 0.464. The largest absolute Gasteiger partial charge is 0.358 e. The minimum absolute atomic E-state index is 1.06. The Bertz CT molecular complexity index is 915. The monoisotopic (exact) mass is 402 g/mol. The minimum atomic E-state index is 1.06. The van der Waals surface area contributed by atoms with Crippen molar-refractivity contribution in [3.63, 3.8) is 0 Å². The van der Waals surface area contributed by atoms with Gasteiger partial charge >= 0.3 is 0 Å². The molecule has 160 valence electrons. The second-order valence-electron chi connectivity index (χ2n) is 8.84. The smallest absolute Gasteiger partial charge is 0.0691 e. The molecular formula is C28H38N2. The maximum Gasteiger partial charge on any atom is 0.0691 e. The van der Waals surface area contributed by atoms with E-state index in [4.69, 9.17) is 4.99 Å². The normalized spacial score (nSPS) is 15.7. The number of aryl methyl sites for hydroxylation is 5. The third-order valence-corrected chi connectivity index (χ3v) is 6.16. The van der Waals surface area contributed by atoms with Gasteiger partial charge in [0.1, 0.15) is 0 Å². The van der Waals surface area contributed by atoms with Gasteiger partial charge in [-0.25, -0.2) is 0 Å². The molecule has 2 aromatic carbocycles. The first-order valence-corrected chi connectivity index (χ1v) is 11.7. The highest BCUT2D eigenvalue weighted by atomic mass is 14.9. The highest BCUT2D eigenvalue weighted by Crippen LogP contribution is 2.32. The summed E-state index contributed by atoms with van der Waals surface area (Å²) in [5.74, 6) is 0. The molecule has 1 aliphatic carbocycles. The van der Waals surface area contributed by atoms with Crippen molar-refractivity contribution in [2.45, 2.75) is 86.5 Å². The van der Waals surface area contributed by atoms with Gasteiger partial charge in [-0.2, -0.15) is 0 Å². The molecule has 2 heteroatoms. The summed E-state index contributed by atoms with van der Waals surface area (Å²) in [5.41, 5.74) is 13.1. The van der Waals surface area contributed by atoms with Gasteiger partial charge in [-0.3, -0.25) is 4.99 Å². The molecule has 0 unspecified atom stereocenters. The topological polar surface area (TPSA) is 24.4 Å². The summed E-state index contributed by atoms with van der Waals surface area (Å²) in [5, 5.41) is 3.89. The van der Waals surface area contributed by atoms with Gasteiger partial charge in [0.15, 0.2) is 0 Å². The van der Waals surface area contributed by atoms with E-state index in [1.165, 1.54) is 63.3 Å². The summed E-state index contributed by atoms with van der Waals surface area (Å²) in [6.45, 7) is 13.3. The lowest BCUT2D eigenvalue weighted by Gasteiger charge is -2.24. The second kappa shape index (κ2) is 10.1. The van der Waals surface area contributed by atoms with Gasteiger partial charge in [-0.05, 0) is 87.6 Å². The molecule has 30 heavy (non-hydrogen) atoms. The number of hydrogen-bond acceptors (Lipinski definition) is 2. The van der Waals surface area contributed by atoms with Crippen LogP contribution >= 0.6 is 0 Å². The molecular weight excluding hydrogens is 364 g/mol. The van der Waals surface area contributed by atoms with Crippen LogP contribution in [0.4, 0.5) is 11.4 Å². The van der Waals surface area contributed by atoms with E-state index < -0.39 is 0 Å². The molecule has 0 aliphatic heterocycles. The zero-order valence-corrected chi connectivity index (χ0v) is 19.8. The summed E-state index contributed by atoms with van der Waals surface area (Å²) in [6.07, 6.45) is 7.89. The number of rotatable bonds is 7. The van der Waals surface area contributed by atoms with Crippen LogP contribution in [0, 0.1) is 20.8 Å².